The summed E-state index contributed by atoms with van der Waals surface area (Å²) in [4.78, 5) is 29.6. The maximum atomic E-state index is 15.3. The summed E-state index contributed by atoms with van der Waals surface area (Å²) < 4.78 is 6.00. The number of carbonyl (C=O) groups is 2. The van der Waals surface area contributed by atoms with Gasteiger partial charge in [0, 0.05) is 25.4 Å². The molecule has 0 spiro atoms. The standard InChI is InChI=1S/C45H64N2O3/c1-30(48)50-36-17-18-41(5)34(39(36,2)3)16-19-43(7)35(41)14-13-33-37-32(40(4)21-22-40)15-20-45(37,24-23-42(33,43)6)38(49)47-27-25-44(29-46,26-28-47)31-11-9-8-10-12-31/h8-12,32-37H,13-28H2,1-7H3/t32-,33-,34+,35?,36+,37-,41+,42-,43-,45+/m1/s1. The largest absolute Gasteiger partial charge is 0.462 e. The molecule has 7 aliphatic rings. The van der Waals surface area contributed by atoms with Gasteiger partial charge in [-0.2, -0.15) is 5.26 Å². The Morgan fingerprint density at radius 3 is 2.08 bits per heavy atom. The maximum Gasteiger partial charge on any atom is 0.302 e. The summed E-state index contributed by atoms with van der Waals surface area (Å²) in [5.74, 6) is 3.22. The first kappa shape index (κ1) is 34.7. The molecule has 0 radical (unpaired) electrons. The molecule has 1 aromatic rings. The van der Waals surface area contributed by atoms with E-state index in [-0.39, 0.29) is 39.1 Å². The molecule has 1 aromatic carbocycles. The van der Waals surface area contributed by atoms with Crippen LogP contribution in [0.25, 0.3) is 0 Å². The third-order valence-corrected chi connectivity index (χ3v) is 18.5. The first-order valence-electron chi connectivity index (χ1n) is 20.5. The first-order chi connectivity index (χ1) is 23.6. The fraction of sp³-hybridized carbons (Fsp3) is 0.800. The molecular weight excluding hydrogens is 617 g/mol. The Bertz CT molecular complexity index is 1570. The summed E-state index contributed by atoms with van der Waals surface area (Å²) >= 11 is 0. The second-order valence-electron chi connectivity index (χ2n) is 20.5. The van der Waals surface area contributed by atoms with Crippen LogP contribution in [0.4, 0.5) is 0 Å². The van der Waals surface area contributed by atoms with Gasteiger partial charge in [0.2, 0.25) is 5.91 Å². The minimum absolute atomic E-state index is 0.00926. The number of esters is 1. The van der Waals surface area contributed by atoms with E-state index in [9.17, 15) is 10.1 Å². The lowest BCUT2D eigenvalue weighted by Gasteiger charge is -2.73. The maximum absolute atomic E-state index is 15.3. The average molecular weight is 681 g/mol. The molecule has 0 N–H and O–H groups in total. The summed E-state index contributed by atoms with van der Waals surface area (Å²) in [6.07, 6.45) is 15.7. The van der Waals surface area contributed by atoms with Crippen molar-refractivity contribution in [2.75, 3.05) is 13.1 Å². The molecule has 8 rings (SSSR count). The predicted molar refractivity (Wildman–Crippen MR) is 197 cm³/mol. The van der Waals surface area contributed by atoms with Gasteiger partial charge in [0.05, 0.1) is 16.9 Å². The van der Waals surface area contributed by atoms with Crippen LogP contribution in [0.3, 0.4) is 0 Å². The van der Waals surface area contributed by atoms with Crippen molar-refractivity contribution in [3.8, 4) is 6.07 Å². The summed E-state index contributed by atoms with van der Waals surface area (Å²) in [6.45, 7) is 18.3. The number of likely N-dealkylation sites (tertiary alicyclic amines) is 1. The van der Waals surface area contributed by atoms with Crippen LogP contribution in [0, 0.1) is 73.4 Å². The zero-order chi connectivity index (χ0) is 35.5. The molecular formula is C45H64N2O3. The van der Waals surface area contributed by atoms with E-state index in [4.69, 9.17) is 4.74 Å². The monoisotopic (exact) mass is 680 g/mol. The highest BCUT2D eigenvalue weighted by molar-refractivity contribution is 5.84. The topological polar surface area (TPSA) is 70.4 Å². The molecule has 1 amide bonds. The SMILES string of the molecule is CC(=O)O[C@H]1CC[C@]2(C)C3CC[C@@H]4[C@H]5[C@H](C6(C)CC6)CC[C@]5(C(=O)N5CCC(C#N)(c6ccccc6)CC5)CC[C@@]4(C)[C@]3(C)CC[C@H]2C1(C)C. The van der Waals surface area contributed by atoms with Crippen molar-refractivity contribution < 1.29 is 14.3 Å². The minimum atomic E-state index is -0.492. The second-order valence-corrected chi connectivity index (χ2v) is 20.5. The molecule has 1 aliphatic heterocycles. The zero-order valence-corrected chi connectivity index (χ0v) is 32.3. The summed E-state index contributed by atoms with van der Waals surface area (Å²) in [5, 5.41) is 10.4. The number of ether oxygens (including phenoxy) is 1. The van der Waals surface area contributed by atoms with Crippen LogP contribution < -0.4 is 0 Å². The van der Waals surface area contributed by atoms with Crippen molar-refractivity contribution in [1.82, 2.24) is 4.90 Å². The van der Waals surface area contributed by atoms with Gasteiger partial charge in [-0.05, 0) is 147 Å². The highest BCUT2D eigenvalue weighted by Gasteiger charge is 2.73. The van der Waals surface area contributed by atoms with Crippen molar-refractivity contribution >= 4 is 11.9 Å². The number of rotatable bonds is 4. The molecule has 50 heavy (non-hydrogen) atoms. The highest BCUT2D eigenvalue weighted by Crippen LogP contribution is 2.79. The summed E-state index contributed by atoms with van der Waals surface area (Å²) in [6, 6.07) is 13.0. The van der Waals surface area contributed by atoms with E-state index in [0.717, 1.165) is 50.5 Å². The number of fused-ring (bicyclic) bond motifs is 7. The van der Waals surface area contributed by atoms with Crippen LogP contribution >= 0.6 is 0 Å². The third-order valence-electron chi connectivity index (χ3n) is 18.5. The average Bonchev–Trinajstić information content (AvgIpc) is 3.71. The van der Waals surface area contributed by atoms with Crippen molar-refractivity contribution in [2.24, 2.45) is 62.1 Å². The predicted octanol–water partition coefficient (Wildman–Crippen LogP) is 9.88. The fourth-order valence-electron chi connectivity index (χ4n) is 15.3. The summed E-state index contributed by atoms with van der Waals surface area (Å²) in [5.41, 5.74) is 1.45. The summed E-state index contributed by atoms with van der Waals surface area (Å²) in [7, 11) is 0. The molecule has 1 heterocycles. The van der Waals surface area contributed by atoms with E-state index in [2.05, 4.69) is 64.6 Å². The van der Waals surface area contributed by atoms with E-state index in [0.29, 0.717) is 54.0 Å². The van der Waals surface area contributed by atoms with Crippen LogP contribution in [-0.4, -0.2) is 36.0 Å². The Balaban J connectivity index is 1.09. The van der Waals surface area contributed by atoms with E-state index < -0.39 is 5.41 Å². The van der Waals surface area contributed by atoms with Crippen LogP contribution in [0.5, 0.6) is 0 Å². The quantitative estimate of drug-likeness (QED) is 0.297. The van der Waals surface area contributed by atoms with Crippen LogP contribution in [0.15, 0.2) is 30.3 Å². The van der Waals surface area contributed by atoms with Gasteiger partial charge in [-0.25, -0.2) is 0 Å². The van der Waals surface area contributed by atoms with Crippen LogP contribution in [0.2, 0.25) is 0 Å². The van der Waals surface area contributed by atoms with E-state index in [1.165, 1.54) is 44.9 Å². The number of piperidine rings is 1. The number of hydrogen-bond donors (Lipinski definition) is 0. The van der Waals surface area contributed by atoms with Crippen LogP contribution in [0.1, 0.15) is 144 Å². The molecule has 1 unspecified atom stereocenters. The molecule has 0 bridgehead atoms. The third kappa shape index (κ3) is 4.60. The molecule has 0 aromatic heterocycles. The Hall–Kier alpha value is -2.35. The molecule has 6 saturated carbocycles. The Morgan fingerprint density at radius 1 is 0.740 bits per heavy atom. The molecule has 6 aliphatic carbocycles. The molecule has 10 atom stereocenters. The van der Waals surface area contributed by atoms with Gasteiger partial charge in [-0.15, -0.1) is 0 Å². The lowest BCUT2D eigenvalue weighted by atomic mass is 9.32. The van der Waals surface area contributed by atoms with Crippen molar-refractivity contribution in [2.45, 2.75) is 150 Å². The minimum Gasteiger partial charge on any atom is -0.462 e. The lowest BCUT2D eigenvalue weighted by Crippen LogP contribution is -2.67. The van der Waals surface area contributed by atoms with E-state index in [1.54, 1.807) is 6.92 Å². The zero-order valence-electron chi connectivity index (χ0n) is 32.3. The number of benzene rings is 1. The van der Waals surface area contributed by atoms with Gasteiger partial charge in [-0.1, -0.05) is 71.9 Å². The van der Waals surface area contributed by atoms with Gasteiger partial charge in [0.25, 0.3) is 0 Å². The Morgan fingerprint density at radius 2 is 1.44 bits per heavy atom. The van der Waals surface area contributed by atoms with Gasteiger partial charge >= 0.3 is 5.97 Å². The van der Waals surface area contributed by atoms with Gasteiger partial charge in [-0.3, -0.25) is 9.59 Å². The van der Waals surface area contributed by atoms with Crippen LogP contribution in [-0.2, 0) is 19.7 Å². The lowest BCUT2D eigenvalue weighted by molar-refractivity contribution is -0.251. The number of hydrogen-bond acceptors (Lipinski definition) is 4. The molecule has 7 fully saturated rings. The Labute approximate surface area is 302 Å². The molecule has 272 valence electrons. The normalized spacial score (nSPS) is 45.1. The first-order valence-corrected chi connectivity index (χ1v) is 20.5. The second kappa shape index (κ2) is 11.3. The van der Waals surface area contributed by atoms with E-state index in [1.807, 2.05) is 18.2 Å². The number of nitrogens with zero attached hydrogens (tertiary/aromatic N) is 2. The smallest absolute Gasteiger partial charge is 0.302 e. The molecule has 5 nitrogen and oxygen atoms in total. The fourth-order valence-corrected chi connectivity index (χ4v) is 15.3. The number of nitriles is 1. The number of carbonyl (C=O) groups excluding carboxylic acids is 2. The van der Waals surface area contributed by atoms with Gasteiger partial charge < -0.3 is 9.64 Å². The number of amides is 1. The highest BCUT2D eigenvalue weighted by atomic mass is 16.5. The molecule has 5 heteroatoms. The van der Waals surface area contributed by atoms with Crippen molar-refractivity contribution in [1.29, 1.82) is 5.26 Å². The van der Waals surface area contributed by atoms with Gasteiger partial charge in [0.1, 0.15) is 6.10 Å². The van der Waals surface area contributed by atoms with E-state index >= 15 is 4.79 Å². The van der Waals surface area contributed by atoms with Crippen molar-refractivity contribution in [3.63, 3.8) is 0 Å². The van der Waals surface area contributed by atoms with Crippen molar-refractivity contribution in [3.05, 3.63) is 35.9 Å². The Kier molecular flexibility index (Phi) is 7.86. The molecule has 1 saturated heterocycles. The van der Waals surface area contributed by atoms with Gasteiger partial charge in [0.15, 0.2) is 0 Å².